The molecule has 0 bridgehead atoms. The monoisotopic (exact) mass is 238 g/mol. The Kier molecular flexibility index (Phi) is 7.22. The number of hydrogen-bond donors (Lipinski definition) is 1. The summed E-state index contributed by atoms with van der Waals surface area (Å²) in [6.45, 7) is 6.29. The molecule has 96 valence electrons. The summed E-state index contributed by atoms with van der Waals surface area (Å²) in [6, 6.07) is 5.87. The maximum atomic E-state index is 10.5. The van der Waals surface area contributed by atoms with Crippen molar-refractivity contribution < 1.29 is 14.6 Å². The first kappa shape index (κ1) is 15.7. The van der Waals surface area contributed by atoms with Gasteiger partial charge in [-0.3, -0.25) is 4.79 Å². The van der Waals surface area contributed by atoms with E-state index in [0.717, 1.165) is 5.56 Å². The summed E-state index contributed by atoms with van der Waals surface area (Å²) in [7, 11) is 3.25. The Bertz CT molecular complexity index is 356. The van der Waals surface area contributed by atoms with E-state index in [1.165, 1.54) is 11.1 Å². The SMILES string of the molecule is COC.Cc1ccc(CC(=O)O)cc1C(C)C. The van der Waals surface area contributed by atoms with Crippen molar-refractivity contribution in [3.63, 3.8) is 0 Å². The van der Waals surface area contributed by atoms with Crippen LogP contribution in [0.2, 0.25) is 0 Å². The van der Waals surface area contributed by atoms with Crippen LogP contribution in [0.1, 0.15) is 36.5 Å². The molecule has 0 heterocycles. The van der Waals surface area contributed by atoms with Gasteiger partial charge in [-0.1, -0.05) is 32.0 Å². The number of carboxylic acid groups (broad SMARTS) is 1. The molecular formula is C14H22O3. The molecule has 0 saturated heterocycles. The van der Waals surface area contributed by atoms with Crippen LogP contribution in [0.4, 0.5) is 0 Å². The molecule has 0 aliphatic carbocycles. The first-order valence-electron chi connectivity index (χ1n) is 5.63. The normalized spacial score (nSPS) is 9.76. The van der Waals surface area contributed by atoms with E-state index in [1.807, 2.05) is 18.2 Å². The maximum Gasteiger partial charge on any atom is 0.307 e. The fourth-order valence-electron chi connectivity index (χ4n) is 1.60. The van der Waals surface area contributed by atoms with E-state index >= 15 is 0 Å². The molecule has 1 aromatic carbocycles. The Morgan fingerprint density at radius 2 is 1.88 bits per heavy atom. The van der Waals surface area contributed by atoms with E-state index in [4.69, 9.17) is 5.11 Å². The summed E-state index contributed by atoms with van der Waals surface area (Å²) in [6.07, 6.45) is 0.111. The van der Waals surface area contributed by atoms with Gasteiger partial charge in [-0.05, 0) is 29.5 Å². The van der Waals surface area contributed by atoms with E-state index in [0.29, 0.717) is 5.92 Å². The van der Waals surface area contributed by atoms with Gasteiger partial charge in [0.25, 0.3) is 0 Å². The van der Waals surface area contributed by atoms with Gasteiger partial charge >= 0.3 is 5.97 Å². The second-order valence-corrected chi connectivity index (χ2v) is 4.32. The van der Waals surface area contributed by atoms with Crippen LogP contribution in [0.3, 0.4) is 0 Å². The van der Waals surface area contributed by atoms with Gasteiger partial charge in [0.15, 0.2) is 0 Å². The predicted molar refractivity (Wildman–Crippen MR) is 69.5 cm³/mol. The lowest BCUT2D eigenvalue weighted by molar-refractivity contribution is -0.136. The number of hydrogen-bond acceptors (Lipinski definition) is 2. The van der Waals surface area contributed by atoms with Gasteiger partial charge in [-0.15, -0.1) is 0 Å². The fraction of sp³-hybridized carbons (Fsp3) is 0.500. The highest BCUT2D eigenvalue weighted by atomic mass is 16.4. The zero-order valence-electron chi connectivity index (χ0n) is 11.3. The summed E-state index contributed by atoms with van der Waals surface area (Å²) in [4.78, 5) is 10.5. The minimum absolute atomic E-state index is 0.111. The van der Waals surface area contributed by atoms with Crippen LogP contribution in [-0.2, 0) is 16.0 Å². The molecule has 1 aromatic rings. The van der Waals surface area contributed by atoms with Crippen LogP contribution in [0, 0.1) is 6.92 Å². The third-order valence-corrected chi connectivity index (χ3v) is 2.32. The Hall–Kier alpha value is -1.35. The maximum absolute atomic E-state index is 10.5. The molecule has 0 aliphatic rings. The second-order valence-electron chi connectivity index (χ2n) is 4.32. The molecule has 1 N–H and O–H groups in total. The Morgan fingerprint density at radius 1 is 1.35 bits per heavy atom. The molecule has 0 aromatic heterocycles. The van der Waals surface area contributed by atoms with Crippen LogP contribution < -0.4 is 0 Å². The van der Waals surface area contributed by atoms with E-state index in [2.05, 4.69) is 25.5 Å². The zero-order chi connectivity index (χ0) is 13.4. The third-order valence-electron chi connectivity index (χ3n) is 2.32. The number of carbonyl (C=O) groups is 1. The molecule has 0 fully saturated rings. The lowest BCUT2D eigenvalue weighted by Gasteiger charge is -2.10. The summed E-state index contributed by atoms with van der Waals surface area (Å²) in [5.41, 5.74) is 3.35. The molecule has 0 unspecified atom stereocenters. The van der Waals surface area contributed by atoms with Gasteiger partial charge in [0.1, 0.15) is 0 Å². The molecule has 0 spiro atoms. The molecule has 0 saturated carbocycles. The molecule has 0 aliphatic heterocycles. The molecular weight excluding hydrogens is 216 g/mol. The highest BCUT2D eigenvalue weighted by Gasteiger charge is 2.06. The van der Waals surface area contributed by atoms with Crippen molar-refractivity contribution in [3.8, 4) is 0 Å². The van der Waals surface area contributed by atoms with Crippen molar-refractivity contribution in [3.05, 3.63) is 34.9 Å². The van der Waals surface area contributed by atoms with Crippen molar-refractivity contribution in [2.75, 3.05) is 14.2 Å². The molecule has 3 heteroatoms. The zero-order valence-corrected chi connectivity index (χ0v) is 11.3. The predicted octanol–water partition coefficient (Wildman–Crippen LogP) is 3.01. The number of aliphatic carboxylic acids is 1. The highest BCUT2D eigenvalue weighted by Crippen LogP contribution is 2.20. The minimum atomic E-state index is -0.774. The van der Waals surface area contributed by atoms with E-state index in [9.17, 15) is 4.79 Å². The first-order chi connectivity index (χ1) is 7.92. The summed E-state index contributed by atoms with van der Waals surface area (Å²) in [5, 5.41) is 8.67. The van der Waals surface area contributed by atoms with Gasteiger partial charge in [0, 0.05) is 14.2 Å². The van der Waals surface area contributed by atoms with Crippen LogP contribution in [0.15, 0.2) is 18.2 Å². The molecule has 0 radical (unpaired) electrons. The quantitative estimate of drug-likeness (QED) is 0.880. The average Bonchev–Trinajstić information content (AvgIpc) is 2.21. The molecule has 17 heavy (non-hydrogen) atoms. The number of rotatable bonds is 3. The van der Waals surface area contributed by atoms with Crippen molar-refractivity contribution >= 4 is 5.97 Å². The van der Waals surface area contributed by atoms with Crippen molar-refractivity contribution in [1.29, 1.82) is 0 Å². The smallest absolute Gasteiger partial charge is 0.307 e. The number of aryl methyl sites for hydroxylation is 1. The minimum Gasteiger partial charge on any atom is -0.481 e. The number of carboxylic acids is 1. The second kappa shape index (κ2) is 7.85. The topological polar surface area (TPSA) is 46.5 Å². The molecule has 3 nitrogen and oxygen atoms in total. The van der Waals surface area contributed by atoms with Crippen LogP contribution in [0.5, 0.6) is 0 Å². The first-order valence-corrected chi connectivity index (χ1v) is 5.63. The summed E-state index contributed by atoms with van der Waals surface area (Å²) < 4.78 is 4.25. The number of ether oxygens (including phenoxy) is 1. The number of benzene rings is 1. The van der Waals surface area contributed by atoms with E-state index < -0.39 is 5.97 Å². The van der Waals surface area contributed by atoms with Crippen molar-refractivity contribution in [2.24, 2.45) is 0 Å². The average molecular weight is 238 g/mol. The van der Waals surface area contributed by atoms with Crippen molar-refractivity contribution in [2.45, 2.75) is 33.1 Å². The van der Waals surface area contributed by atoms with Crippen LogP contribution >= 0.6 is 0 Å². The lowest BCUT2D eigenvalue weighted by atomic mass is 9.95. The van der Waals surface area contributed by atoms with Crippen LogP contribution in [0.25, 0.3) is 0 Å². The standard InChI is InChI=1S/C12H16O2.C2H6O/c1-8(2)11-6-10(7-12(13)14)5-4-9(11)3;1-3-2/h4-6,8H,7H2,1-3H3,(H,13,14);1-2H3. The molecule has 1 rings (SSSR count). The van der Waals surface area contributed by atoms with Gasteiger partial charge in [0.05, 0.1) is 6.42 Å². The summed E-state index contributed by atoms with van der Waals surface area (Å²) in [5.74, 6) is -0.327. The highest BCUT2D eigenvalue weighted by molar-refractivity contribution is 5.70. The van der Waals surface area contributed by atoms with Gasteiger partial charge < -0.3 is 9.84 Å². The Morgan fingerprint density at radius 3 is 2.29 bits per heavy atom. The molecule has 0 amide bonds. The van der Waals surface area contributed by atoms with E-state index in [-0.39, 0.29) is 6.42 Å². The Labute approximate surface area is 103 Å². The van der Waals surface area contributed by atoms with E-state index in [1.54, 1.807) is 14.2 Å². The third kappa shape index (κ3) is 6.07. The van der Waals surface area contributed by atoms with Gasteiger partial charge in [-0.2, -0.15) is 0 Å². The lowest BCUT2D eigenvalue weighted by Crippen LogP contribution is -2.02. The van der Waals surface area contributed by atoms with Gasteiger partial charge in [-0.25, -0.2) is 0 Å². The Balaban J connectivity index is 0.000000770. The fourth-order valence-corrected chi connectivity index (χ4v) is 1.60. The largest absolute Gasteiger partial charge is 0.481 e. The van der Waals surface area contributed by atoms with Crippen LogP contribution in [-0.4, -0.2) is 25.3 Å². The van der Waals surface area contributed by atoms with Gasteiger partial charge in [0.2, 0.25) is 0 Å². The summed E-state index contributed by atoms with van der Waals surface area (Å²) >= 11 is 0. The molecule has 0 atom stereocenters. The van der Waals surface area contributed by atoms with Crippen molar-refractivity contribution in [1.82, 2.24) is 0 Å². The number of methoxy groups -OCH3 is 1.